The van der Waals surface area contributed by atoms with Crippen molar-refractivity contribution in [3.63, 3.8) is 0 Å². The standard InChI is InChI=1S/C29H48O/c1-7-20(18(2)3)9-8-19(4)23-10-11-24-22-16-26(30)29-17-21(29)12-15-28(29,6)25(22)13-14-27(23,24)5/h8-9,18-26,30H,7,10-17H2,1-6H3/t19-,20-,21+,22+,23-,24+,25+,26?,27-,28-,29+/m1/s1. The van der Waals surface area contributed by atoms with Crippen LogP contribution in [0.25, 0.3) is 0 Å². The van der Waals surface area contributed by atoms with Crippen LogP contribution in [0, 0.1) is 63.6 Å². The van der Waals surface area contributed by atoms with Crippen molar-refractivity contribution in [3.05, 3.63) is 12.2 Å². The maximum absolute atomic E-state index is 11.4. The van der Waals surface area contributed by atoms with Crippen molar-refractivity contribution in [3.8, 4) is 0 Å². The second-order valence-corrected chi connectivity index (χ2v) is 13.3. The highest BCUT2D eigenvalue weighted by Crippen LogP contribution is 2.81. The van der Waals surface area contributed by atoms with Crippen LogP contribution in [0.1, 0.15) is 99.3 Å². The SMILES string of the molecule is CC[C@H](C=C[C@@H](C)[C@H]1CC[C@H]2[C@@H]3CC(O)[C@]45C[C@@H]4CC[C@]5(C)[C@H]3CC[C@]12C)C(C)C. The first-order valence-corrected chi connectivity index (χ1v) is 13.6. The molecule has 0 aromatic carbocycles. The molecule has 5 fully saturated rings. The topological polar surface area (TPSA) is 20.2 Å². The van der Waals surface area contributed by atoms with Crippen LogP contribution >= 0.6 is 0 Å². The number of aliphatic hydroxyl groups is 1. The van der Waals surface area contributed by atoms with Crippen molar-refractivity contribution in [2.45, 2.75) is 105 Å². The third kappa shape index (κ3) is 2.69. The van der Waals surface area contributed by atoms with Gasteiger partial charge in [0, 0.05) is 5.41 Å². The van der Waals surface area contributed by atoms with Gasteiger partial charge in [-0.15, -0.1) is 0 Å². The molecule has 0 radical (unpaired) electrons. The molecular weight excluding hydrogens is 364 g/mol. The van der Waals surface area contributed by atoms with Crippen LogP contribution in [0.5, 0.6) is 0 Å². The Morgan fingerprint density at radius 3 is 2.40 bits per heavy atom. The Labute approximate surface area is 186 Å². The molecule has 170 valence electrons. The first-order valence-electron chi connectivity index (χ1n) is 13.6. The summed E-state index contributed by atoms with van der Waals surface area (Å²) in [6.45, 7) is 14.8. The summed E-state index contributed by atoms with van der Waals surface area (Å²) in [7, 11) is 0. The number of aliphatic hydroxyl groups excluding tert-OH is 1. The summed E-state index contributed by atoms with van der Waals surface area (Å²) in [4.78, 5) is 0. The quantitative estimate of drug-likeness (QED) is 0.464. The first-order chi connectivity index (χ1) is 14.2. The van der Waals surface area contributed by atoms with Gasteiger partial charge in [-0.2, -0.15) is 0 Å². The summed E-state index contributed by atoms with van der Waals surface area (Å²) in [5, 5.41) is 11.4. The van der Waals surface area contributed by atoms with Crippen molar-refractivity contribution >= 4 is 0 Å². The zero-order valence-electron chi connectivity index (χ0n) is 20.7. The maximum Gasteiger partial charge on any atom is 0.0607 e. The van der Waals surface area contributed by atoms with Gasteiger partial charge >= 0.3 is 0 Å². The molecule has 0 aliphatic heterocycles. The van der Waals surface area contributed by atoms with E-state index in [0.29, 0.717) is 22.2 Å². The largest absolute Gasteiger partial charge is 0.393 e. The smallest absolute Gasteiger partial charge is 0.0607 e. The van der Waals surface area contributed by atoms with Crippen molar-refractivity contribution in [1.29, 1.82) is 0 Å². The van der Waals surface area contributed by atoms with Crippen LogP contribution in [0.15, 0.2) is 12.2 Å². The highest BCUT2D eigenvalue weighted by molar-refractivity contribution is 5.25. The van der Waals surface area contributed by atoms with Gasteiger partial charge in [0.1, 0.15) is 0 Å². The predicted molar refractivity (Wildman–Crippen MR) is 126 cm³/mol. The number of hydrogen-bond donors (Lipinski definition) is 1. The summed E-state index contributed by atoms with van der Waals surface area (Å²) < 4.78 is 0. The Balaban J connectivity index is 1.36. The Morgan fingerprint density at radius 2 is 1.73 bits per heavy atom. The molecule has 1 heteroatoms. The zero-order valence-corrected chi connectivity index (χ0v) is 20.7. The molecule has 1 nitrogen and oxygen atoms in total. The van der Waals surface area contributed by atoms with Crippen molar-refractivity contribution < 1.29 is 5.11 Å². The number of hydrogen-bond acceptors (Lipinski definition) is 1. The average Bonchev–Trinajstić information content (AvgIpc) is 3.22. The highest BCUT2D eigenvalue weighted by Gasteiger charge is 2.77. The molecule has 5 aliphatic carbocycles. The van der Waals surface area contributed by atoms with E-state index in [2.05, 4.69) is 53.7 Å². The highest BCUT2D eigenvalue weighted by atomic mass is 16.3. The van der Waals surface area contributed by atoms with Gasteiger partial charge in [0.25, 0.3) is 0 Å². The Bertz CT molecular complexity index is 694. The molecule has 0 bridgehead atoms. The molecule has 0 amide bonds. The Hall–Kier alpha value is -0.300. The molecule has 5 saturated carbocycles. The van der Waals surface area contributed by atoms with Gasteiger partial charge in [0.2, 0.25) is 0 Å². The van der Waals surface area contributed by atoms with E-state index >= 15 is 0 Å². The van der Waals surface area contributed by atoms with Crippen LogP contribution in [-0.4, -0.2) is 11.2 Å². The lowest BCUT2D eigenvalue weighted by Crippen LogP contribution is -2.56. The molecule has 0 aromatic rings. The zero-order chi connectivity index (χ0) is 21.5. The molecule has 0 aromatic heterocycles. The summed E-state index contributed by atoms with van der Waals surface area (Å²) in [6, 6.07) is 0. The van der Waals surface area contributed by atoms with Crippen LogP contribution in [0.2, 0.25) is 0 Å². The molecule has 11 atom stereocenters. The number of rotatable bonds is 5. The minimum absolute atomic E-state index is 0.00803. The van der Waals surface area contributed by atoms with Gasteiger partial charge in [-0.25, -0.2) is 0 Å². The van der Waals surface area contributed by atoms with Crippen molar-refractivity contribution in [1.82, 2.24) is 0 Å². The molecule has 30 heavy (non-hydrogen) atoms. The molecule has 0 heterocycles. The summed E-state index contributed by atoms with van der Waals surface area (Å²) in [5.41, 5.74) is 1.27. The molecule has 5 aliphatic rings. The lowest BCUT2D eigenvalue weighted by atomic mass is 9.45. The number of fused-ring (bicyclic) bond motifs is 4. The number of allylic oxidation sites excluding steroid dienone is 2. The predicted octanol–water partition coefficient (Wildman–Crippen LogP) is 7.49. The monoisotopic (exact) mass is 412 g/mol. The van der Waals surface area contributed by atoms with E-state index in [9.17, 15) is 5.11 Å². The van der Waals surface area contributed by atoms with E-state index in [-0.39, 0.29) is 6.10 Å². The second kappa shape index (κ2) is 7.10. The van der Waals surface area contributed by atoms with Crippen molar-refractivity contribution in [2.24, 2.45) is 63.6 Å². The fourth-order valence-corrected chi connectivity index (χ4v) is 10.5. The fraction of sp³-hybridized carbons (Fsp3) is 0.931. The van der Waals surface area contributed by atoms with Gasteiger partial charge in [0.05, 0.1) is 6.10 Å². The third-order valence-corrected chi connectivity index (χ3v) is 12.3. The van der Waals surface area contributed by atoms with Gasteiger partial charge in [-0.05, 0) is 116 Å². The van der Waals surface area contributed by atoms with Crippen molar-refractivity contribution in [2.75, 3.05) is 0 Å². The van der Waals surface area contributed by atoms with Gasteiger partial charge < -0.3 is 5.11 Å². The summed E-state index contributed by atoms with van der Waals surface area (Å²) in [6.07, 6.45) is 17.4. The fourth-order valence-electron chi connectivity index (χ4n) is 10.5. The first kappa shape index (κ1) is 21.5. The van der Waals surface area contributed by atoms with Gasteiger partial charge in [0.15, 0.2) is 0 Å². The normalized spacial score (nSPS) is 53.9. The van der Waals surface area contributed by atoms with Crippen LogP contribution in [-0.2, 0) is 0 Å². The lowest BCUT2D eigenvalue weighted by Gasteiger charge is -2.60. The van der Waals surface area contributed by atoms with Crippen LogP contribution < -0.4 is 0 Å². The summed E-state index contributed by atoms with van der Waals surface area (Å²) in [5.74, 6) is 6.39. The molecular formula is C29H48O. The van der Waals surface area contributed by atoms with Gasteiger partial charge in [-0.1, -0.05) is 53.7 Å². The van der Waals surface area contributed by atoms with E-state index < -0.39 is 0 Å². The lowest BCUT2D eigenvalue weighted by molar-refractivity contribution is -0.151. The van der Waals surface area contributed by atoms with E-state index in [1.54, 1.807) is 0 Å². The Morgan fingerprint density at radius 1 is 0.967 bits per heavy atom. The van der Waals surface area contributed by atoms with Crippen LogP contribution in [0.3, 0.4) is 0 Å². The van der Waals surface area contributed by atoms with Gasteiger partial charge in [-0.3, -0.25) is 0 Å². The minimum Gasteiger partial charge on any atom is -0.393 e. The van der Waals surface area contributed by atoms with E-state index in [1.807, 2.05) is 0 Å². The summed E-state index contributed by atoms with van der Waals surface area (Å²) >= 11 is 0. The molecule has 1 N–H and O–H groups in total. The van der Waals surface area contributed by atoms with Crippen LogP contribution in [0.4, 0.5) is 0 Å². The average molecular weight is 413 g/mol. The maximum atomic E-state index is 11.4. The second-order valence-electron chi connectivity index (χ2n) is 13.3. The molecule has 0 saturated heterocycles. The van der Waals surface area contributed by atoms with E-state index in [4.69, 9.17) is 0 Å². The molecule has 1 spiro atoms. The Kier molecular flexibility index (Phi) is 5.10. The molecule has 1 unspecified atom stereocenters. The van der Waals surface area contributed by atoms with E-state index in [0.717, 1.165) is 47.8 Å². The van der Waals surface area contributed by atoms with E-state index in [1.165, 1.54) is 51.4 Å². The third-order valence-electron chi connectivity index (χ3n) is 12.3. The molecule has 5 rings (SSSR count). The minimum atomic E-state index is -0.00803.